The summed E-state index contributed by atoms with van der Waals surface area (Å²) in [5, 5.41) is 2.06. The van der Waals surface area contributed by atoms with Gasteiger partial charge in [-0.3, -0.25) is 14.5 Å². The molecule has 5 rings (SSSR count). The zero-order valence-electron chi connectivity index (χ0n) is 21.1. The van der Waals surface area contributed by atoms with Gasteiger partial charge >= 0.3 is 0 Å². The van der Waals surface area contributed by atoms with Crippen LogP contribution < -0.4 is 9.47 Å². The maximum atomic E-state index is 13.1. The van der Waals surface area contributed by atoms with Crippen LogP contribution in [0.4, 0.5) is 4.79 Å². The number of carbonyl (C=O) groups excluding carboxylic acids is 2. The van der Waals surface area contributed by atoms with Gasteiger partial charge < -0.3 is 9.47 Å². The lowest BCUT2D eigenvalue weighted by atomic mass is 10.1. The van der Waals surface area contributed by atoms with Gasteiger partial charge in [0.15, 0.2) is 11.5 Å². The molecule has 0 aromatic heterocycles. The van der Waals surface area contributed by atoms with E-state index in [2.05, 4.69) is 46.9 Å². The monoisotopic (exact) mass is 635 g/mol. The highest BCUT2D eigenvalue weighted by molar-refractivity contribution is 14.1. The zero-order valence-corrected chi connectivity index (χ0v) is 24.0. The van der Waals surface area contributed by atoms with E-state index in [0.29, 0.717) is 29.6 Å². The second kappa shape index (κ2) is 11.6. The van der Waals surface area contributed by atoms with E-state index < -0.39 is 0 Å². The van der Waals surface area contributed by atoms with Gasteiger partial charge in [0.1, 0.15) is 6.61 Å². The lowest BCUT2D eigenvalue weighted by Crippen LogP contribution is -2.27. The molecule has 0 bridgehead atoms. The van der Waals surface area contributed by atoms with Gasteiger partial charge in [-0.25, -0.2) is 0 Å². The van der Waals surface area contributed by atoms with Gasteiger partial charge in [-0.05, 0) is 99.4 Å². The summed E-state index contributed by atoms with van der Waals surface area (Å²) in [4.78, 5) is 27.5. The quantitative estimate of drug-likeness (QED) is 0.145. The Bertz CT molecular complexity index is 1560. The van der Waals surface area contributed by atoms with Gasteiger partial charge in [-0.2, -0.15) is 0 Å². The molecular weight excluding hydrogens is 609 g/mol. The lowest BCUT2D eigenvalue weighted by Gasteiger charge is -2.16. The molecule has 0 unspecified atom stereocenters. The highest BCUT2D eigenvalue weighted by atomic mass is 127. The third-order valence-electron chi connectivity index (χ3n) is 6.34. The van der Waals surface area contributed by atoms with E-state index in [-0.39, 0.29) is 17.7 Å². The summed E-state index contributed by atoms with van der Waals surface area (Å²) in [6, 6.07) is 26.0. The van der Waals surface area contributed by atoms with Gasteiger partial charge in [-0.15, -0.1) is 0 Å². The SMILES string of the molecule is CCOc1cc(/C=C2\SC(=O)N(Cc3ccccc3C)C2=O)cc(I)c1OCc1cccc2ccccc12. The molecule has 0 atom stereocenters. The molecule has 1 fully saturated rings. The number of nitrogens with zero attached hydrogens (tertiary/aromatic N) is 1. The number of imide groups is 1. The topological polar surface area (TPSA) is 55.8 Å². The van der Waals surface area contributed by atoms with Crippen LogP contribution in [0.25, 0.3) is 16.8 Å². The predicted octanol–water partition coefficient (Wildman–Crippen LogP) is 7.97. The first-order chi connectivity index (χ1) is 18.4. The number of aryl methyl sites for hydroxylation is 1. The molecule has 0 aliphatic carbocycles. The zero-order chi connectivity index (χ0) is 26.6. The third kappa shape index (κ3) is 5.59. The van der Waals surface area contributed by atoms with E-state index >= 15 is 0 Å². The number of hydrogen-bond acceptors (Lipinski definition) is 5. The molecule has 1 heterocycles. The van der Waals surface area contributed by atoms with E-state index in [1.54, 1.807) is 6.08 Å². The molecule has 0 spiro atoms. The Morgan fingerprint density at radius 3 is 2.47 bits per heavy atom. The maximum Gasteiger partial charge on any atom is 0.293 e. The van der Waals surface area contributed by atoms with Gasteiger partial charge in [0.2, 0.25) is 0 Å². The number of carbonyl (C=O) groups is 2. The minimum absolute atomic E-state index is 0.261. The number of fused-ring (bicyclic) bond motifs is 1. The second-order valence-corrected chi connectivity index (χ2v) is 11.0. The number of thioether (sulfide) groups is 1. The van der Waals surface area contributed by atoms with Crippen LogP contribution in [0.2, 0.25) is 0 Å². The Morgan fingerprint density at radius 2 is 1.66 bits per heavy atom. The molecule has 2 amide bonds. The molecule has 0 N–H and O–H groups in total. The van der Waals surface area contributed by atoms with Crippen molar-refractivity contribution in [3.63, 3.8) is 0 Å². The Balaban J connectivity index is 1.39. The van der Waals surface area contributed by atoms with Crippen LogP contribution in [0.15, 0.2) is 83.8 Å². The smallest absolute Gasteiger partial charge is 0.293 e. The van der Waals surface area contributed by atoms with Crippen molar-refractivity contribution >= 4 is 62.3 Å². The molecule has 0 saturated carbocycles. The third-order valence-corrected chi connectivity index (χ3v) is 8.05. The molecule has 38 heavy (non-hydrogen) atoms. The molecule has 7 heteroatoms. The molecule has 192 valence electrons. The van der Waals surface area contributed by atoms with Crippen LogP contribution in [-0.2, 0) is 17.9 Å². The van der Waals surface area contributed by atoms with E-state index in [1.165, 1.54) is 10.3 Å². The van der Waals surface area contributed by atoms with Gasteiger partial charge in [0, 0.05) is 0 Å². The average Bonchev–Trinajstić information content (AvgIpc) is 3.17. The number of amides is 2. The highest BCUT2D eigenvalue weighted by Gasteiger charge is 2.35. The Labute approximate surface area is 240 Å². The maximum absolute atomic E-state index is 13.1. The molecular formula is C31H26INO4S. The first-order valence-corrected chi connectivity index (χ1v) is 14.2. The van der Waals surface area contributed by atoms with E-state index in [4.69, 9.17) is 9.47 Å². The largest absolute Gasteiger partial charge is 0.490 e. The van der Waals surface area contributed by atoms with Crippen LogP contribution in [0.3, 0.4) is 0 Å². The van der Waals surface area contributed by atoms with Gasteiger partial charge in [0.25, 0.3) is 11.1 Å². The number of ether oxygens (including phenoxy) is 2. The van der Waals surface area contributed by atoms with Crippen molar-refractivity contribution in [3.8, 4) is 11.5 Å². The first kappa shape index (κ1) is 26.3. The molecule has 1 aliphatic rings. The van der Waals surface area contributed by atoms with Crippen LogP contribution in [0, 0.1) is 10.5 Å². The van der Waals surface area contributed by atoms with Crippen LogP contribution in [-0.4, -0.2) is 22.7 Å². The standard InChI is InChI=1S/C31H26INO4S/c1-3-36-27-16-21(17-28-30(34)33(31(35)38-28)18-23-11-5-4-9-20(23)2)15-26(32)29(27)37-19-24-13-8-12-22-10-6-7-14-25(22)24/h4-17H,3,18-19H2,1-2H3/b28-17-. The number of benzene rings is 4. The van der Waals surface area contributed by atoms with Crippen molar-refractivity contribution in [1.82, 2.24) is 4.90 Å². The average molecular weight is 636 g/mol. The summed E-state index contributed by atoms with van der Waals surface area (Å²) in [6.07, 6.45) is 1.75. The van der Waals surface area contributed by atoms with Crippen molar-refractivity contribution < 1.29 is 19.1 Å². The van der Waals surface area contributed by atoms with Crippen molar-refractivity contribution in [3.05, 3.63) is 110 Å². The molecule has 1 saturated heterocycles. The fraction of sp³-hybridized carbons (Fsp3) is 0.161. The molecule has 0 radical (unpaired) electrons. The first-order valence-electron chi connectivity index (χ1n) is 12.3. The van der Waals surface area contributed by atoms with Crippen LogP contribution in [0.1, 0.15) is 29.2 Å². The number of rotatable bonds is 8. The Kier molecular flexibility index (Phi) is 8.04. The molecule has 1 aliphatic heterocycles. The van der Waals surface area contributed by atoms with Gasteiger partial charge in [-0.1, -0.05) is 66.7 Å². The summed E-state index contributed by atoms with van der Waals surface area (Å²) >= 11 is 3.19. The molecule has 4 aromatic rings. The second-order valence-electron chi connectivity index (χ2n) is 8.88. The van der Waals surface area contributed by atoms with Crippen molar-refractivity contribution in [2.75, 3.05) is 6.61 Å². The van der Waals surface area contributed by atoms with E-state index in [1.807, 2.05) is 68.4 Å². The van der Waals surface area contributed by atoms with Crippen molar-refractivity contribution in [2.24, 2.45) is 0 Å². The van der Waals surface area contributed by atoms with Crippen molar-refractivity contribution in [1.29, 1.82) is 0 Å². The van der Waals surface area contributed by atoms with Crippen molar-refractivity contribution in [2.45, 2.75) is 27.0 Å². The normalized spacial score (nSPS) is 14.5. The predicted molar refractivity (Wildman–Crippen MR) is 161 cm³/mol. The fourth-order valence-electron chi connectivity index (χ4n) is 4.39. The Morgan fingerprint density at radius 1 is 0.921 bits per heavy atom. The summed E-state index contributed by atoms with van der Waals surface area (Å²) in [6.45, 7) is 5.03. The minimum Gasteiger partial charge on any atom is -0.490 e. The number of halogens is 1. The molecule has 4 aromatic carbocycles. The van der Waals surface area contributed by atoms with Gasteiger partial charge in [0.05, 0.1) is 21.6 Å². The summed E-state index contributed by atoms with van der Waals surface area (Å²) in [5.74, 6) is 0.975. The summed E-state index contributed by atoms with van der Waals surface area (Å²) < 4.78 is 13.1. The summed E-state index contributed by atoms with van der Waals surface area (Å²) in [5.41, 5.74) is 3.87. The lowest BCUT2D eigenvalue weighted by molar-refractivity contribution is -0.123. The fourth-order valence-corrected chi connectivity index (χ4v) is 6.01. The minimum atomic E-state index is -0.285. The van der Waals surface area contributed by atoms with Crippen LogP contribution in [0.5, 0.6) is 11.5 Å². The van der Waals surface area contributed by atoms with E-state index in [0.717, 1.165) is 43.0 Å². The Hall–Kier alpha value is -3.30. The highest BCUT2D eigenvalue weighted by Crippen LogP contribution is 2.38. The van der Waals surface area contributed by atoms with E-state index in [9.17, 15) is 9.59 Å². The summed E-state index contributed by atoms with van der Waals surface area (Å²) in [7, 11) is 0. The number of hydrogen-bond donors (Lipinski definition) is 0. The molecule has 5 nitrogen and oxygen atoms in total. The van der Waals surface area contributed by atoms with Crippen LogP contribution >= 0.6 is 34.4 Å².